The molecule has 2 saturated heterocycles. The third-order valence-electron chi connectivity index (χ3n) is 4.05. The Kier molecular flexibility index (Phi) is 3.67. The van der Waals surface area contributed by atoms with Crippen molar-refractivity contribution in [3.63, 3.8) is 0 Å². The van der Waals surface area contributed by atoms with Gasteiger partial charge in [-0.1, -0.05) is 0 Å². The van der Waals surface area contributed by atoms with Crippen LogP contribution in [0.3, 0.4) is 0 Å². The van der Waals surface area contributed by atoms with Gasteiger partial charge >= 0.3 is 0 Å². The van der Waals surface area contributed by atoms with Crippen molar-refractivity contribution >= 4 is 5.91 Å². The Morgan fingerprint density at radius 3 is 2.95 bits per heavy atom. The summed E-state index contributed by atoms with van der Waals surface area (Å²) in [6.45, 7) is 4.98. The van der Waals surface area contributed by atoms with E-state index in [1.54, 1.807) is 12.4 Å². The van der Waals surface area contributed by atoms with E-state index in [9.17, 15) is 4.79 Å². The van der Waals surface area contributed by atoms with Crippen molar-refractivity contribution in [1.82, 2.24) is 19.8 Å². The third kappa shape index (κ3) is 2.53. The van der Waals surface area contributed by atoms with Crippen molar-refractivity contribution in [2.75, 3.05) is 33.3 Å². The molecule has 3 heterocycles. The smallest absolute Gasteiger partial charge is 0.274 e. The van der Waals surface area contributed by atoms with E-state index in [-0.39, 0.29) is 18.1 Å². The number of amides is 1. The lowest BCUT2D eigenvalue weighted by atomic mass is 9.99. The monoisotopic (exact) mass is 276 g/mol. The molecule has 0 saturated carbocycles. The molecule has 0 N–H and O–H groups in total. The maximum Gasteiger partial charge on any atom is 0.274 e. The molecule has 20 heavy (non-hydrogen) atoms. The summed E-state index contributed by atoms with van der Waals surface area (Å²) in [5, 5.41) is 0. The average molecular weight is 276 g/mol. The Bertz CT molecular complexity index is 490. The normalized spacial score (nSPS) is 27.2. The second-order valence-corrected chi connectivity index (χ2v) is 5.57. The minimum absolute atomic E-state index is 0.0360. The van der Waals surface area contributed by atoms with Crippen LogP contribution in [0.2, 0.25) is 0 Å². The molecule has 1 aromatic heterocycles. The SMILES string of the molecule is Cc1cnc(C(=O)N2CCO[C@@H]3CCN(C)C[C@@H]32)cn1. The van der Waals surface area contributed by atoms with Crippen molar-refractivity contribution in [2.24, 2.45) is 0 Å². The quantitative estimate of drug-likeness (QED) is 0.740. The summed E-state index contributed by atoms with van der Waals surface area (Å²) in [5.41, 5.74) is 1.24. The molecule has 1 aromatic rings. The van der Waals surface area contributed by atoms with Crippen LogP contribution in [-0.2, 0) is 4.74 Å². The van der Waals surface area contributed by atoms with Gasteiger partial charge in [0, 0.05) is 25.8 Å². The van der Waals surface area contributed by atoms with Gasteiger partial charge in [0.1, 0.15) is 5.69 Å². The summed E-state index contributed by atoms with van der Waals surface area (Å²) >= 11 is 0. The molecule has 1 amide bonds. The number of likely N-dealkylation sites (tertiary alicyclic amines) is 1. The first-order valence-electron chi connectivity index (χ1n) is 7.05. The zero-order chi connectivity index (χ0) is 14.1. The molecule has 6 nitrogen and oxygen atoms in total. The standard InChI is InChI=1S/C14H20N4O2/c1-10-7-16-11(8-15-10)14(19)18-5-6-20-13-3-4-17(2)9-12(13)18/h7-8,12-13H,3-6,9H2,1-2H3/t12-,13+/m0/s1. The molecule has 6 heteroatoms. The van der Waals surface area contributed by atoms with Crippen LogP contribution in [0.4, 0.5) is 0 Å². The maximum atomic E-state index is 12.6. The number of aryl methyl sites for hydroxylation is 1. The van der Waals surface area contributed by atoms with Crippen LogP contribution in [0.15, 0.2) is 12.4 Å². The van der Waals surface area contributed by atoms with Gasteiger partial charge in [-0.05, 0) is 20.4 Å². The Balaban J connectivity index is 1.80. The average Bonchev–Trinajstić information content (AvgIpc) is 2.46. The summed E-state index contributed by atoms with van der Waals surface area (Å²) in [4.78, 5) is 25.1. The van der Waals surface area contributed by atoms with Gasteiger partial charge in [0.05, 0.1) is 30.6 Å². The predicted molar refractivity (Wildman–Crippen MR) is 73.4 cm³/mol. The van der Waals surface area contributed by atoms with Gasteiger partial charge in [0.2, 0.25) is 0 Å². The van der Waals surface area contributed by atoms with E-state index in [1.807, 2.05) is 11.8 Å². The van der Waals surface area contributed by atoms with Crippen LogP contribution >= 0.6 is 0 Å². The Morgan fingerprint density at radius 2 is 2.20 bits per heavy atom. The third-order valence-corrected chi connectivity index (χ3v) is 4.05. The molecule has 3 rings (SSSR count). The maximum absolute atomic E-state index is 12.6. The summed E-state index contributed by atoms with van der Waals surface area (Å²) in [6, 6.07) is 0.123. The van der Waals surface area contributed by atoms with Crippen molar-refractivity contribution in [3.8, 4) is 0 Å². The zero-order valence-corrected chi connectivity index (χ0v) is 12.0. The highest BCUT2D eigenvalue weighted by Crippen LogP contribution is 2.23. The largest absolute Gasteiger partial charge is 0.374 e. The number of carbonyl (C=O) groups excluding carboxylic acids is 1. The van der Waals surface area contributed by atoms with E-state index in [4.69, 9.17) is 4.74 Å². The van der Waals surface area contributed by atoms with Crippen LogP contribution in [0, 0.1) is 6.92 Å². The van der Waals surface area contributed by atoms with E-state index in [0.717, 1.165) is 25.2 Å². The lowest BCUT2D eigenvalue weighted by Crippen LogP contribution is -2.60. The van der Waals surface area contributed by atoms with E-state index in [0.29, 0.717) is 18.8 Å². The number of hydrogen-bond donors (Lipinski definition) is 0. The number of aromatic nitrogens is 2. The highest BCUT2D eigenvalue weighted by molar-refractivity contribution is 5.92. The molecule has 0 unspecified atom stereocenters. The van der Waals surface area contributed by atoms with Crippen molar-refractivity contribution in [3.05, 3.63) is 23.8 Å². The highest BCUT2D eigenvalue weighted by atomic mass is 16.5. The van der Waals surface area contributed by atoms with Crippen LogP contribution in [-0.4, -0.2) is 71.1 Å². The van der Waals surface area contributed by atoms with Gasteiger partial charge in [-0.25, -0.2) is 4.98 Å². The van der Waals surface area contributed by atoms with Crippen LogP contribution < -0.4 is 0 Å². The molecule has 0 aliphatic carbocycles. The molecular formula is C14H20N4O2. The molecule has 0 radical (unpaired) electrons. The van der Waals surface area contributed by atoms with Crippen LogP contribution in [0.25, 0.3) is 0 Å². The molecule has 108 valence electrons. The van der Waals surface area contributed by atoms with Crippen molar-refractivity contribution in [1.29, 1.82) is 0 Å². The van der Waals surface area contributed by atoms with Gasteiger partial charge in [-0.2, -0.15) is 0 Å². The number of ether oxygens (including phenoxy) is 1. The summed E-state index contributed by atoms with van der Waals surface area (Å²) in [7, 11) is 2.08. The second-order valence-electron chi connectivity index (χ2n) is 5.57. The Morgan fingerprint density at radius 1 is 1.35 bits per heavy atom. The number of fused-ring (bicyclic) bond motifs is 1. The van der Waals surface area contributed by atoms with E-state index in [1.165, 1.54) is 0 Å². The lowest BCUT2D eigenvalue weighted by molar-refractivity contribution is -0.0871. The number of nitrogens with zero attached hydrogens (tertiary/aromatic N) is 4. The first-order valence-corrected chi connectivity index (χ1v) is 7.05. The van der Waals surface area contributed by atoms with Gasteiger partial charge in [-0.3, -0.25) is 9.78 Å². The molecular weight excluding hydrogens is 256 g/mol. The minimum atomic E-state index is -0.0360. The summed E-state index contributed by atoms with van der Waals surface area (Å²) < 4.78 is 5.81. The van der Waals surface area contributed by atoms with Crippen LogP contribution in [0.5, 0.6) is 0 Å². The van der Waals surface area contributed by atoms with Gasteiger partial charge in [0.15, 0.2) is 0 Å². The number of piperidine rings is 1. The first kappa shape index (κ1) is 13.5. The Hall–Kier alpha value is -1.53. The molecule has 2 aliphatic rings. The van der Waals surface area contributed by atoms with Gasteiger partial charge in [0.25, 0.3) is 5.91 Å². The fraction of sp³-hybridized carbons (Fsp3) is 0.643. The van der Waals surface area contributed by atoms with E-state index < -0.39 is 0 Å². The lowest BCUT2D eigenvalue weighted by Gasteiger charge is -2.46. The topological polar surface area (TPSA) is 58.6 Å². The number of morpholine rings is 1. The molecule has 0 bridgehead atoms. The molecule has 2 aliphatic heterocycles. The summed E-state index contributed by atoms with van der Waals surface area (Å²) in [5.74, 6) is -0.0360. The molecule has 2 atom stereocenters. The van der Waals surface area contributed by atoms with Gasteiger partial charge < -0.3 is 14.5 Å². The first-order chi connectivity index (χ1) is 9.65. The fourth-order valence-corrected chi connectivity index (χ4v) is 2.93. The highest BCUT2D eigenvalue weighted by Gasteiger charge is 2.38. The molecule has 0 spiro atoms. The number of carbonyl (C=O) groups is 1. The number of rotatable bonds is 1. The zero-order valence-electron chi connectivity index (χ0n) is 12.0. The predicted octanol–water partition coefficient (Wildman–Crippen LogP) is 0.330. The summed E-state index contributed by atoms with van der Waals surface area (Å²) in [6.07, 6.45) is 4.33. The fourth-order valence-electron chi connectivity index (χ4n) is 2.93. The van der Waals surface area contributed by atoms with Crippen LogP contribution in [0.1, 0.15) is 22.6 Å². The number of hydrogen-bond acceptors (Lipinski definition) is 5. The van der Waals surface area contributed by atoms with Crippen molar-refractivity contribution in [2.45, 2.75) is 25.5 Å². The number of likely N-dealkylation sites (N-methyl/N-ethyl adjacent to an activating group) is 1. The van der Waals surface area contributed by atoms with E-state index >= 15 is 0 Å². The molecule has 0 aromatic carbocycles. The van der Waals surface area contributed by atoms with Crippen molar-refractivity contribution < 1.29 is 9.53 Å². The Labute approximate surface area is 118 Å². The minimum Gasteiger partial charge on any atom is -0.374 e. The molecule has 2 fully saturated rings. The van der Waals surface area contributed by atoms with Gasteiger partial charge in [-0.15, -0.1) is 0 Å². The second kappa shape index (κ2) is 5.46. The van der Waals surface area contributed by atoms with E-state index in [2.05, 4.69) is 21.9 Å².